The van der Waals surface area contributed by atoms with Crippen molar-refractivity contribution in [1.29, 1.82) is 0 Å². The van der Waals surface area contributed by atoms with Crippen LogP contribution in [0.5, 0.6) is 11.5 Å². The number of nitrogens with zero attached hydrogens (tertiary/aromatic N) is 1. The lowest BCUT2D eigenvalue weighted by Gasteiger charge is -2.29. The Morgan fingerprint density at radius 2 is 1.94 bits per heavy atom. The van der Waals surface area contributed by atoms with Gasteiger partial charge >= 0.3 is 5.97 Å². The Bertz CT molecular complexity index is 1430. The maximum Gasteiger partial charge on any atom is 0.371 e. The number of anilines is 1. The lowest BCUT2D eigenvalue weighted by atomic mass is 10.1. The Morgan fingerprint density at radius 3 is 2.64 bits per heavy atom. The Kier molecular flexibility index (Phi) is 7.30. The molecule has 1 saturated heterocycles. The minimum Gasteiger partial charge on any atom is -0.493 e. The second kappa shape index (κ2) is 10.4. The number of thiocarbonyl (C=S) groups is 1. The van der Waals surface area contributed by atoms with Crippen molar-refractivity contribution >= 4 is 70.1 Å². The van der Waals surface area contributed by atoms with Gasteiger partial charge in [-0.05, 0) is 60.3 Å². The lowest BCUT2D eigenvalue weighted by molar-refractivity contribution is -0.122. The molecule has 2 heterocycles. The number of carbonyl (C=O) groups excluding carboxylic acids is 2. The van der Waals surface area contributed by atoms with Crippen LogP contribution < -0.4 is 19.7 Å². The summed E-state index contributed by atoms with van der Waals surface area (Å²) in [7, 11) is 1.42. The minimum absolute atomic E-state index is 0.0439. The smallest absolute Gasteiger partial charge is 0.371 e. The minimum atomic E-state index is -1.19. The quantitative estimate of drug-likeness (QED) is 0.248. The van der Waals surface area contributed by atoms with E-state index in [9.17, 15) is 14.4 Å². The summed E-state index contributed by atoms with van der Waals surface area (Å²) >= 11 is 17.5. The summed E-state index contributed by atoms with van der Waals surface area (Å²) in [5.41, 5.74) is 0.511. The Balaban J connectivity index is 1.59. The molecule has 0 unspecified atom stereocenters. The number of hydrogen-bond donors (Lipinski definition) is 2. The average molecular weight is 547 g/mol. The van der Waals surface area contributed by atoms with Crippen LogP contribution in [0.2, 0.25) is 10.0 Å². The number of benzene rings is 2. The number of aromatic carboxylic acids is 1. The molecule has 1 aliphatic rings. The number of halogens is 2. The van der Waals surface area contributed by atoms with Crippen molar-refractivity contribution in [2.45, 2.75) is 6.61 Å². The average Bonchev–Trinajstić information content (AvgIpc) is 3.33. The van der Waals surface area contributed by atoms with Crippen molar-refractivity contribution in [2.24, 2.45) is 0 Å². The van der Waals surface area contributed by atoms with Crippen molar-refractivity contribution in [3.63, 3.8) is 0 Å². The van der Waals surface area contributed by atoms with Crippen LogP contribution in [0.4, 0.5) is 5.69 Å². The van der Waals surface area contributed by atoms with Crippen molar-refractivity contribution < 1.29 is 33.4 Å². The first-order valence-corrected chi connectivity index (χ1v) is 11.3. The van der Waals surface area contributed by atoms with Gasteiger partial charge in [0.2, 0.25) is 5.76 Å². The van der Waals surface area contributed by atoms with E-state index in [4.69, 9.17) is 54.4 Å². The number of ether oxygens (including phenoxy) is 2. The monoisotopic (exact) mass is 546 g/mol. The van der Waals surface area contributed by atoms with Gasteiger partial charge in [-0.15, -0.1) is 0 Å². The molecule has 0 bridgehead atoms. The number of nitrogens with one attached hydrogen (secondary N) is 1. The van der Waals surface area contributed by atoms with E-state index >= 15 is 0 Å². The molecule has 9 nitrogen and oxygen atoms in total. The highest BCUT2D eigenvalue weighted by molar-refractivity contribution is 7.80. The number of carbonyl (C=O) groups is 3. The van der Waals surface area contributed by atoms with E-state index < -0.39 is 17.8 Å². The largest absolute Gasteiger partial charge is 0.493 e. The van der Waals surface area contributed by atoms with Gasteiger partial charge in [-0.25, -0.2) is 4.79 Å². The molecule has 0 radical (unpaired) electrons. The van der Waals surface area contributed by atoms with E-state index in [0.717, 1.165) is 4.90 Å². The maximum absolute atomic E-state index is 13.2. The number of methoxy groups -OCH3 is 1. The number of rotatable bonds is 7. The van der Waals surface area contributed by atoms with Gasteiger partial charge in [-0.2, -0.15) is 0 Å². The van der Waals surface area contributed by atoms with Crippen LogP contribution in [0.25, 0.3) is 6.08 Å². The van der Waals surface area contributed by atoms with Crippen LogP contribution in [0.1, 0.15) is 21.9 Å². The van der Waals surface area contributed by atoms with Gasteiger partial charge in [0.25, 0.3) is 11.8 Å². The molecule has 12 heteroatoms. The number of carboxylic acid groups (broad SMARTS) is 1. The third-order valence-electron chi connectivity index (χ3n) is 5.01. The number of carboxylic acids is 1. The highest BCUT2D eigenvalue weighted by Gasteiger charge is 2.35. The summed E-state index contributed by atoms with van der Waals surface area (Å²) in [6.45, 7) is -0.0439. The van der Waals surface area contributed by atoms with Crippen molar-refractivity contribution in [2.75, 3.05) is 12.0 Å². The van der Waals surface area contributed by atoms with Gasteiger partial charge in [-0.1, -0.05) is 35.3 Å². The molecule has 4 rings (SSSR count). The fraction of sp³-hybridized carbons (Fsp3) is 0.0833. The summed E-state index contributed by atoms with van der Waals surface area (Å²) in [4.78, 5) is 37.9. The Morgan fingerprint density at radius 1 is 1.17 bits per heavy atom. The highest BCUT2D eigenvalue weighted by Crippen LogP contribution is 2.35. The molecule has 184 valence electrons. The summed E-state index contributed by atoms with van der Waals surface area (Å²) < 4.78 is 16.2. The molecule has 36 heavy (non-hydrogen) atoms. The molecule has 0 aliphatic carbocycles. The molecule has 0 spiro atoms. The van der Waals surface area contributed by atoms with E-state index in [0.29, 0.717) is 22.8 Å². The second-order valence-corrected chi connectivity index (χ2v) is 8.47. The molecule has 1 fully saturated rings. The van der Waals surface area contributed by atoms with E-state index in [1.54, 1.807) is 36.4 Å². The van der Waals surface area contributed by atoms with E-state index in [2.05, 4.69) is 5.32 Å². The second-order valence-electron chi connectivity index (χ2n) is 7.30. The fourth-order valence-electron chi connectivity index (χ4n) is 3.32. The topological polar surface area (TPSA) is 118 Å². The molecule has 2 aromatic carbocycles. The van der Waals surface area contributed by atoms with Gasteiger partial charge in [0.05, 0.1) is 22.8 Å². The molecule has 2 N–H and O–H groups in total. The van der Waals surface area contributed by atoms with Crippen LogP contribution in [-0.2, 0) is 16.2 Å². The van der Waals surface area contributed by atoms with Crippen LogP contribution in [0, 0.1) is 0 Å². The molecular formula is C24H16Cl2N2O7S. The molecule has 0 saturated carbocycles. The number of amides is 2. The van der Waals surface area contributed by atoms with Gasteiger partial charge in [0, 0.05) is 0 Å². The van der Waals surface area contributed by atoms with Gasteiger partial charge < -0.3 is 19.0 Å². The Labute approximate surface area is 219 Å². The van der Waals surface area contributed by atoms with E-state index in [1.165, 1.54) is 25.3 Å². The Hall–Kier alpha value is -3.86. The summed E-state index contributed by atoms with van der Waals surface area (Å²) in [6.07, 6.45) is 1.38. The predicted octanol–water partition coefficient (Wildman–Crippen LogP) is 4.70. The van der Waals surface area contributed by atoms with Gasteiger partial charge in [-0.3, -0.25) is 19.8 Å². The summed E-state index contributed by atoms with van der Waals surface area (Å²) in [5.74, 6) is -1.80. The zero-order valence-electron chi connectivity index (χ0n) is 18.4. The third-order valence-corrected chi connectivity index (χ3v) is 6.11. The molecule has 1 aromatic heterocycles. The first kappa shape index (κ1) is 25.2. The molecule has 0 atom stereocenters. The summed E-state index contributed by atoms with van der Waals surface area (Å²) in [5, 5.41) is 11.6. The van der Waals surface area contributed by atoms with Gasteiger partial charge in [0.15, 0.2) is 16.6 Å². The lowest BCUT2D eigenvalue weighted by Crippen LogP contribution is -2.54. The van der Waals surface area contributed by atoms with E-state index in [1.807, 2.05) is 0 Å². The van der Waals surface area contributed by atoms with Crippen LogP contribution >= 0.6 is 35.4 Å². The van der Waals surface area contributed by atoms with Crippen molar-refractivity contribution in [3.05, 3.63) is 81.2 Å². The fourth-order valence-corrected chi connectivity index (χ4v) is 3.97. The van der Waals surface area contributed by atoms with Crippen molar-refractivity contribution in [1.82, 2.24) is 5.32 Å². The number of hydrogen-bond acceptors (Lipinski definition) is 7. The summed E-state index contributed by atoms with van der Waals surface area (Å²) in [6, 6.07) is 12.3. The van der Waals surface area contributed by atoms with Crippen molar-refractivity contribution in [3.8, 4) is 11.5 Å². The standard InChI is InChI=1S/C24H16Cl2N2O7S/c1-33-19-10-12(5-7-17(19)34-11-13-6-8-18(35-13)23(31)32)9-14-21(29)27-24(36)28(22(14)30)16-4-2-3-15(25)20(16)26/h2-10H,11H2,1H3,(H,31,32)(H,27,29,36)/b14-9+. The molecular weight excluding hydrogens is 531 g/mol. The van der Waals surface area contributed by atoms with Crippen LogP contribution in [-0.4, -0.2) is 35.1 Å². The maximum atomic E-state index is 13.2. The predicted molar refractivity (Wildman–Crippen MR) is 136 cm³/mol. The molecule has 3 aromatic rings. The van der Waals surface area contributed by atoms with Crippen LogP contribution in [0.3, 0.4) is 0 Å². The SMILES string of the molecule is COc1cc(/C=C2\C(=O)NC(=S)N(c3cccc(Cl)c3Cl)C2=O)ccc1OCc1ccc(C(=O)O)o1. The molecule has 2 amide bonds. The number of furan rings is 1. The third kappa shape index (κ3) is 5.06. The van der Waals surface area contributed by atoms with E-state index in [-0.39, 0.29) is 38.8 Å². The zero-order valence-corrected chi connectivity index (χ0v) is 20.7. The van der Waals surface area contributed by atoms with Gasteiger partial charge in [0.1, 0.15) is 17.9 Å². The molecule has 1 aliphatic heterocycles. The van der Waals surface area contributed by atoms with Crippen LogP contribution in [0.15, 0.2) is 58.5 Å². The normalized spacial score (nSPS) is 14.7. The first-order valence-electron chi connectivity index (χ1n) is 10.2. The zero-order chi connectivity index (χ0) is 26.0. The highest BCUT2D eigenvalue weighted by atomic mass is 35.5. The first-order chi connectivity index (χ1) is 17.2.